The number of sulfonamides is 1. The first kappa shape index (κ1) is 24.2. The van der Waals surface area contributed by atoms with Crippen LogP contribution in [0, 0.1) is 11.8 Å². The normalized spacial score (nSPS) is 15.9. The highest BCUT2D eigenvalue weighted by Crippen LogP contribution is 2.32. The van der Waals surface area contributed by atoms with Crippen LogP contribution in [0.5, 0.6) is 0 Å². The number of para-hydroxylation sites is 1. The lowest BCUT2D eigenvalue weighted by Gasteiger charge is -2.28. The molecule has 8 heteroatoms. The smallest absolute Gasteiger partial charge is 0.323 e. The maximum Gasteiger partial charge on any atom is 0.323 e. The molecule has 0 saturated heterocycles. The molecule has 1 atom stereocenters. The van der Waals surface area contributed by atoms with E-state index < -0.39 is 27.9 Å². The van der Waals surface area contributed by atoms with E-state index >= 15 is 0 Å². The lowest BCUT2D eigenvalue weighted by Crippen LogP contribution is -2.50. The molecule has 35 heavy (non-hydrogen) atoms. The molecule has 1 aliphatic heterocycles. The molecule has 1 unspecified atom stereocenters. The maximum atomic E-state index is 13.7. The molecule has 1 heterocycles. The monoisotopic (exact) mass is 488 g/mol. The molecule has 0 radical (unpaired) electrons. The van der Waals surface area contributed by atoms with Crippen LogP contribution in [0.3, 0.4) is 0 Å². The zero-order chi connectivity index (χ0) is 25.0. The zero-order valence-corrected chi connectivity index (χ0v) is 19.9. The van der Waals surface area contributed by atoms with Crippen LogP contribution in [0.1, 0.15) is 28.4 Å². The van der Waals surface area contributed by atoms with E-state index in [9.17, 15) is 23.1 Å². The summed E-state index contributed by atoms with van der Waals surface area (Å²) < 4.78 is 28.3. The largest absolute Gasteiger partial charge is 0.480 e. The summed E-state index contributed by atoms with van der Waals surface area (Å²) in [7, 11) is -4.19. The highest BCUT2D eigenvalue weighted by atomic mass is 32.2. The van der Waals surface area contributed by atoms with Gasteiger partial charge in [0.25, 0.3) is 5.91 Å². The number of carboxylic acid groups (broad SMARTS) is 1. The van der Waals surface area contributed by atoms with Crippen LogP contribution in [-0.2, 0) is 27.8 Å². The number of fused-ring (bicyclic) bond motifs is 1. The fraction of sp³-hybridized carbons (Fsp3) is 0.185. The minimum absolute atomic E-state index is 0.0164. The lowest BCUT2D eigenvalue weighted by molar-refractivity contribution is -0.141. The Morgan fingerprint density at radius 2 is 1.63 bits per heavy atom. The highest BCUT2D eigenvalue weighted by molar-refractivity contribution is 7.89. The van der Waals surface area contributed by atoms with Crippen molar-refractivity contribution in [3.8, 4) is 11.8 Å². The SMILES string of the molecule is CC#CCc1ccc(S(=O)(=O)N2Cc3ccccc3N(C(=O)c3ccccc3)CC2C(=O)O)cc1. The summed E-state index contributed by atoms with van der Waals surface area (Å²) in [4.78, 5) is 27.1. The van der Waals surface area contributed by atoms with Gasteiger partial charge in [-0.15, -0.1) is 5.92 Å². The second-order valence-electron chi connectivity index (χ2n) is 8.06. The third kappa shape index (κ3) is 4.97. The molecule has 7 nitrogen and oxygen atoms in total. The van der Waals surface area contributed by atoms with Crippen LogP contribution in [-0.4, -0.2) is 42.3 Å². The van der Waals surface area contributed by atoms with Crippen LogP contribution in [0.15, 0.2) is 83.8 Å². The maximum absolute atomic E-state index is 13.7. The van der Waals surface area contributed by atoms with Crippen LogP contribution < -0.4 is 4.90 Å². The Balaban J connectivity index is 1.77. The molecule has 178 valence electrons. The van der Waals surface area contributed by atoms with Gasteiger partial charge in [0, 0.05) is 24.2 Å². The van der Waals surface area contributed by atoms with Gasteiger partial charge in [0.1, 0.15) is 6.04 Å². The van der Waals surface area contributed by atoms with E-state index in [-0.39, 0.29) is 18.0 Å². The van der Waals surface area contributed by atoms with Crippen LogP contribution in [0.2, 0.25) is 0 Å². The van der Waals surface area contributed by atoms with E-state index in [1.165, 1.54) is 17.0 Å². The Morgan fingerprint density at radius 1 is 0.971 bits per heavy atom. The molecule has 3 aromatic rings. The van der Waals surface area contributed by atoms with Crippen molar-refractivity contribution in [2.75, 3.05) is 11.4 Å². The second kappa shape index (κ2) is 10.1. The van der Waals surface area contributed by atoms with Gasteiger partial charge in [-0.3, -0.25) is 9.59 Å². The zero-order valence-electron chi connectivity index (χ0n) is 19.1. The van der Waals surface area contributed by atoms with Crippen LogP contribution >= 0.6 is 0 Å². The summed E-state index contributed by atoms with van der Waals surface area (Å²) in [6.07, 6.45) is 0.488. The van der Waals surface area contributed by atoms with Crippen LogP contribution in [0.4, 0.5) is 5.69 Å². The predicted molar refractivity (Wildman–Crippen MR) is 132 cm³/mol. The van der Waals surface area contributed by atoms with Gasteiger partial charge in [-0.1, -0.05) is 54.5 Å². The van der Waals surface area contributed by atoms with E-state index in [1.54, 1.807) is 73.7 Å². The number of rotatable bonds is 5. The molecule has 1 N–H and O–H groups in total. The topological polar surface area (TPSA) is 95.0 Å². The molecule has 0 saturated carbocycles. The minimum atomic E-state index is -4.19. The Bertz CT molecular complexity index is 1410. The predicted octanol–water partition coefficient (Wildman–Crippen LogP) is 3.56. The molecule has 3 aromatic carbocycles. The summed E-state index contributed by atoms with van der Waals surface area (Å²) in [5.74, 6) is 4.00. The van der Waals surface area contributed by atoms with Gasteiger partial charge in [0.15, 0.2) is 0 Å². The van der Waals surface area contributed by atoms with E-state index in [0.29, 0.717) is 23.2 Å². The van der Waals surface area contributed by atoms with Crippen molar-refractivity contribution in [1.82, 2.24) is 4.31 Å². The van der Waals surface area contributed by atoms with Crippen molar-refractivity contribution < 1.29 is 23.1 Å². The summed E-state index contributed by atoms with van der Waals surface area (Å²) in [6, 6.07) is 20.2. The molecule has 0 bridgehead atoms. The van der Waals surface area contributed by atoms with Crippen molar-refractivity contribution in [3.63, 3.8) is 0 Å². The molecule has 1 amide bonds. The van der Waals surface area contributed by atoms with Crippen LogP contribution in [0.25, 0.3) is 0 Å². The summed E-state index contributed by atoms with van der Waals surface area (Å²) in [5.41, 5.74) is 2.26. The van der Waals surface area contributed by atoms with Crippen molar-refractivity contribution >= 4 is 27.6 Å². The Kier molecular flexibility index (Phi) is 7.01. The summed E-state index contributed by atoms with van der Waals surface area (Å²) in [5, 5.41) is 10.1. The number of hydrogen-bond donors (Lipinski definition) is 1. The van der Waals surface area contributed by atoms with Gasteiger partial charge in [0.05, 0.1) is 11.4 Å². The molecule has 0 fully saturated rings. The number of aliphatic carboxylic acids is 1. The lowest BCUT2D eigenvalue weighted by atomic mass is 10.1. The number of carbonyl (C=O) groups excluding carboxylic acids is 1. The number of anilines is 1. The Hall–Kier alpha value is -3.93. The van der Waals surface area contributed by atoms with E-state index in [1.807, 2.05) is 0 Å². The first-order valence-corrected chi connectivity index (χ1v) is 12.4. The molecule has 0 spiro atoms. The van der Waals surface area contributed by atoms with Crippen molar-refractivity contribution in [2.45, 2.75) is 30.8 Å². The van der Waals surface area contributed by atoms with Gasteiger partial charge in [0.2, 0.25) is 10.0 Å². The van der Waals surface area contributed by atoms with E-state index in [2.05, 4.69) is 11.8 Å². The molecular weight excluding hydrogens is 464 g/mol. The summed E-state index contributed by atoms with van der Waals surface area (Å²) >= 11 is 0. The number of nitrogens with zero attached hydrogens (tertiary/aromatic N) is 2. The second-order valence-corrected chi connectivity index (χ2v) is 9.95. The molecule has 0 aliphatic carbocycles. The van der Waals surface area contributed by atoms with Gasteiger partial charge in [-0.25, -0.2) is 8.42 Å². The number of hydrogen-bond acceptors (Lipinski definition) is 4. The Labute approximate surface area is 204 Å². The number of benzene rings is 3. The number of carbonyl (C=O) groups is 2. The first-order valence-electron chi connectivity index (χ1n) is 11.0. The fourth-order valence-electron chi connectivity index (χ4n) is 4.04. The van der Waals surface area contributed by atoms with E-state index in [4.69, 9.17) is 0 Å². The third-order valence-electron chi connectivity index (χ3n) is 5.86. The summed E-state index contributed by atoms with van der Waals surface area (Å²) in [6.45, 7) is 1.22. The van der Waals surface area contributed by atoms with Gasteiger partial charge in [-0.05, 0) is 48.4 Å². The van der Waals surface area contributed by atoms with Gasteiger partial charge < -0.3 is 10.0 Å². The van der Waals surface area contributed by atoms with Gasteiger partial charge >= 0.3 is 5.97 Å². The average molecular weight is 489 g/mol. The number of amides is 1. The quantitative estimate of drug-likeness (QED) is 0.554. The van der Waals surface area contributed by atoms with Crippen molar-refractivity contribution in [1.29, 1.82) is 0 Å². The first-order chi connectivity index (χ1) is 16.8. The Morgan fingerprint density at radius 3 is 2.29 bits per heavy atom. The fourth-order valence-corrected chi connectivity index (χ4v) is 5.59. The van der Waals surface area contributed by atoms with Gasteiger partial charge in [-0.2, -0.15) is 4.31 Å². The van der Waals surface area contributed by atoms with E-state index in [0.717, 1.165) is 9.87 Å². The highest BCUT2D eigenvalue weighted by Gasteiger charge is 2.41. The standard InChI is InChI=1S/C27H24N2O5S/c1-2-3-9-20-14-16-23(17-15-20)35(33,34)29-18-22-12-7-8-13-24(22)28(19-25(29)27(31)32)26(30)21-10-5-4-6-11-21/h4-8,10-17,25H,9,18-19H2,1H3,(H,31,32). The number of carboxylic acids is 1. The molecular formula is C27H24N2O5S. The molecule has 1 aliphatic rings. The average Bonchev–Trinajstić information content (AvgIpc) is 3.06. The molecule has 4 rings (SSSR count). The minimum Gasteiger partial charge on any atom is -0.480 e. The van der Waals surface area contributed by atoms with Crippen molar-refractivity contribution in [2.24, 2.45) is 0 Å². The van der Waals surface area contributed by atoms with Crippen molar-refractivity contribution in [3.05, 3.63) is 95.6 Å². The third-order valence-corrected chi connectivity index (χ3v) is 7.73. The molecule has 0 aromatic heterocycles.